The van der Waals surface area contributed by atoms with E-state index in [0.717, 1.165) is 17.1 Å². The molecule has 0 aliphatic heterocycles. The summed E-state index contributed by atoms with van der Waals surface area (Å²) in [6.45, 7) is 4.67. The molecule has 4 nitrogen and oxygen atoms in total. The van der Waals surface area contributed by atoms with Gasteiger partial charge in [-0.2, -0.15) is 0 Å². The highest BCUT2D eigenvalue weighted by atomic mass is 16.5. The molecule has 2 N–H and O–H groups in total. The van der Waals surface area contributed by atoms with Crippen molar-refractivity contribution in [2.75, 3.05) is 6.61 Å². The second-order valence-corrected chi connectivity index (χ2v) is 4.94. The van der Waals surface area contributed by atoms with E-state index in [4.69, 9.17) is 9.15 Å². The maximum atomic E-state index is 9.38. The molecule has 20 heavy (non-hydrogen) atoms. The third-order valence-electron chi connectivity index (χ3n) is 2.92. The third-order valence-corrected chi connectivity index (χ3v) is 2.92. The summed E-state index contributed by atoms with van der Waals surface area (Å²) >= 11 is 0. The lowest BCUT2D eigenvalue weighted by atomic mass is 10.2. The minimum absolute atomic E-state index is 0.00204. The van der Waals surface area contributed by atoms with Gasteiger partial charge in [-0.1, -0.05) is 12.1 Å². The molecule has 2 aromatic rings. The van der Waals surface area contributed by atoms with Gasteiger partial charge in [0.05, 0.1) is 25.0 Å². The van der Waals surface area contributed by atoms with Crippen molar-refractivity contribution >= 4 is 0 Å². The van der Waals surface area contributed by atoms with Gasteiger partial charge < -0.3 is 19.6 Å². The topological polar surface area (TPSA) is 54.6 Å². The molecule has 1 heterocycles. The standard InChI is InChI=1S/C16H21NO3/c1-12(2)20-14-7-5-13(6-8-14)10-17-15(11-18)16-4-3-9-19-16/h3-9,12,15,17-18H,10-11H2,1-2H3. The lowest BCUT2D eigenvalue weighted by Crippen LogP contribution is -2.23. The lowest BCUT2D eigenvalue weighted by Gasteiger charge is -2.14. The Kier molecular flexibility index (Phi) is 5.21. The van der Waals surface area contributed by atoms with Gasteiger partial charge in [-0.15, -0.1) is 0 Å². The van der Waals surface area contributed by atoms with E-state index < -0.39 is 0 Å². The van der Waals surface area contributed by atoms with E-state index in [1.165, 1.54) is 0 Å². The number of furan rings is 1. The van der Waals surface area contributed by atoms with Crippen LogP contribution in [0.25, 0.3) is 0 Å². The predicted molar refractivity (Wildman–Crippen MR) is 77.6 cm³/mol. The van der Waals surface area contributed by atoms with Crippen LogP contribution >= 0.6 is 0 Å². The van der Waals surface area contributed by atoms with Gasteiger partial charge in [0.15, 0.2) is 0 Å². The molecule has 0 fully saturated rings. The minimum Gasteiger partial charge on any atom is -0.491 e. The van der Waals surface area contributed by atoms with Crippen molar-refractivity contribution in [3.8, 4) is 5.75 Å². The van der Waals surface area contributed by atoms with E-state index in [9.17, 15) is 5.11 Å². The molecule has 1 unspecified atom stereocenters. The molecule has 2 rings (SSSR count). The van der Waals surface area contributed by atoms with Crippen molar-refractivity contribution in [1.82, 2.24) is 5.32 Å². The first kappa shape index (κ1) is 14.6. The summed E-state index contributed by atoms with van der Waals surface area (Å²) in [5, 5.41) is 12.6. The monoisotopic (exact) mass is 275 g/mol. The average molecular weight is 275 g/mol. The SMILES string of the molecule is CC(C)Oc1ccc(CNC(CO)c2ccco2)cc1. The van der Waals surface area contributed by atoms with E-state index in [1.807, 2.05) is 50.2 Å². The van der Waals surface area contributed by atoms with Gasteiger partial charge in [-0.25, -0.2) is 0 Å². The molecule has 0 spiro atoms. The van der Waals surface area contributed by atoms with Crippen molar-refractivity contribution in [2.24, 2.45) is 0 Å². The zero-order valence-electron chi connectivity index (χ0n) is 11.9. The Morgan fingerprint density at radius 1 is 1.20 bits per heavy atom. The Morgan fingerprint density at radius 3 is 2.50 bits per heavy atom. The van der Waals surface area contributed by atoms with Gasteiger partial charge in [-0.3, -0.25) is 0 Å². The number of aliphatic hydroxyl groups is 1. The number of hydrogen-bond acceptors (Lipinski definition) is 4. The van der Waals surface area contributed by atoms with E-state index >= 15 is 0 Å². The van der Waals surface area contributed by atoms with Crippen LogP contribution in [0.2, 0.25) is 0 Å². The van der Waals surface area contributed by atoms with Gasteiger partial charge in [0.2, 0.25) is 0 Å². The highest BCUT2D eigenvalue weighted by molar-refractivity contribution is 5.27. The van der Waals surface area contributed by atoms with Crippen molar-refractivity contribution < 1.29 is 14.3 Å². The third kappa shape index (κ3) is 4.11. The van der Waals surface area contributed by atoms with Gasteiger partial charge in [0.1, 0.15) is 11.5 Å². The number of rotatable bonds is 7. The van der Waals surface area contributed by atoms with Crippen LogP contribution in [-0.4, -0.2) is 17.8 Å². The van der Waals surface area contributed by atoms with Crippen molar-refractivity contribution in [2.45, 2.75) is 32.5 Å². The van der Waals surface area contributed by atoms with Gasteiger partial charge in [-0.05, 0) is 43.7 Å². The van der Waals surface area contributed by atoms with Crippen LogP contribution in [0.5, 0.6) is 5.75 Å². The van der Waals surface area contributed by atoms with Crippen LogP contribution in [0.1, 0.15) is 31.2 Å². The van der Waals surface area contributed by atoms with Crippen LogP contribution in [-0.2, 0) is 6.54 Å². The number of nitrogens with one attached hydrogen (secondary N) is 1. The van der Waals surface area contributed by atoms with Crippen LogP contribution < -0.4 is 10.1 Å². The minimum atomic E-state index is -0.184. The smallest absolute Gasteiger partial charge is 0.123 e. The highest BCUT2D eigenvalue weighted by Crippen LogP contribution is 2.16. The number of hydrogen-bond donors (Lipinski definition) is 2. The fourth-order valence-corrected chi connectivity index (χ4v) is 1.94. The van der Waals surface area contributed by atoms with E-state index in [2.05, 4.69) is 5.32 Å². The first-order valence-electron chi connectivity index (χ1n) is 6.82. The molecule has 0 saturated heterocycles. The second kappa shape index (κ2) is 7.12. The fraction of sp³-hybridized carbons (Fsp3) is 0.375. The molecule has 4 heteroatoms. The Labute approximate surface area is 119 Å². The van der Waals surface area contributed by atoms with Crippen LogP contribution in [0.3, 0.4) is 0 Å². The molecule has 0 radical (unpaired) electrons. The van der Waals surface area contributed by atoms with Gasteiger partial charge in [0, 0.05) is 6.54 Å². The lowest BCUT2D eigenvalue weighted by molar-refractivity contribution is 0.225. The molecule has 1 aromatic carbocycles. The summed E-state index contributed by atoms with van der Waals surface area (Å²) in [4.78, 5) is 0. The predicted octanol–water partition coefficient (Wildman–Crippen LogP) is 2.89. The zero-order chi connectivity index (χ0) is 14.4. The average Bonchev–Trinajstić information content (AvgIpc) is 2.95. The fourth-order valence-electron chi connectivity index (χ4n) is 1.94. The van der Waals surface area contributed by atoms with E-state index in [-0.39, 0.29) is 18.8 Å². The maximum Gasteiger partial charge on any atom is 0.123 e. The molecule has 0 amide bonds. The number of benzene rings is 1. The summed E-state index contributed by atoms with van der Waals surface area (Å²) < 4.78 is 10.9. The first-order chi connectivity index (χ1) is 9.69. The number of ether oxygens (including phenoxy) is 1. The Morgan fingerprint density at radius 2 is 1.95 bits per heavy atom. The van der Waals surface area contributed by atoms with Crippen LogP contribution in [0.15, 0.2) is 47.1 Å². The molecular formula is C16H21NO3. The van der Waals surface area contributed by atoms with Crippen molar-refractivity contribution in [1.29, 1.82) is 0 Å². The summed E-state index contributed by atoms with van der Waals surface area (Å²) in [5.41, 5.74) is 1.13. The number of aliphatic hydroxyl groups excluding tert-OH is 1. The molecule has 1 aromatic heterocycles. The quantitative estimate of drug-likeness (QED) is 0.816. The van der Waals surface area contributed by atoms with E-state index in [0.29, 0.717) is 6.54 Å². The van der Waals surface area contributed by atoms with Crippen LogP contribution in [0, 0.1) is 0 Å². The Hall–Kier alpha value is -1.78. The maximum absolute atomic E-state index is 9.38. The van der Waals surface area contributed by atoms with Crippen LogP contribution in [0.4, 0.5) is 0 Å². The molecule has 108 valence electrons. The van der Waals surface area contributed by atoms with E-state index in [1.54, 1.807) is 6.26 Å². The molecule has 0 bridgehead atoms. The zero-order valence-corrected chi connectivity index (χ0v) is 11.9. The molecule has 1 atom stereocenters. The molecular weight excluding hydrogens is 254 g/mol. The second-order valence-electron chi connectivity index (χ2n) is 4.94. The summed E-state index contributed by atoms with van der Waals surface area (Å²) in [6.07, 6.45) is 1.79. The first-order valence-corrected chi connectivity index (χ1v) is 6.82. The Balaban J connectivity index is 1.90. The largest absolute Gasteiger partial charge is 0.491 e. The Bertz CT molecular complexity index is 491. The normalized spacial score (nSPS) is 12.6. The van der Waals surface area contributed by atoms with Gasteiger partial charge in [0.25, 0.3) is 0 Å². The molecule has 0 aliphatic carbocycles. The summed E-state index contributed by atoms with van der Waals surface area (Å²) in [5.74, 6) is 1.61. The van der Waals surface area contributed by atoms with Crippen molar-refractivity contribution in [3.05, 3.63) is 54.0 Å². The molecule has 0 aliphatic rings. The highest BCUT2D eigenvalue weighted by Gasteiger charge is 2.12. The van der Waals surface area contributed by atoms with Gasteiger partial charge >= 0.3 is 0 Å². The summed E-state index contributed by atoms with van der Waals surface area (Å²) in [6, 6.07) is 11.4. The van der Waals surface area contributed by atoms with Crippen molar-refractivity contribution in [3.63, 3.8) is 0 Å². The summed E-state index contributed by atoms with van der Waals surface area (Å²) in [7, 11) is 0. The molecule has 0 saturated carbocycles.